The van der Waals surface area contributed by atoms with E-state index in [0.29, 0.717) is 33.1 Å². The van der Waals surface area contributed by atoms with Gasteiger partial charge in [0.15, 0.2) is 0 Å². The van der Waals surface area contributed by atoms with Crippen LogP contribution in [0.1, 0.15) is 24.8 Å². The molecule has 3 aromatic rings. The number of aryl methyl sites for hydroxylation is 1. The number of para-hydroxylation sites is 1. The molecule has 0 spiro atoms. The van der Waals surface area contributed by atoms with E-state index >= 15 is 0 Å². The van der Waals surface area contributed by atoms with Crippen LogP contribution in [0, 0.1) is 0 Å². The molecule has 0 unspecified atom stereocenters. The maximum absolute atomic E-state index is 13.1. The van der Waals surface area contributed by atoms with Crippen LogP contribution in [0.25, 0.3) is 17.0 Å². The van der Waals surface area contributed by atoms with E-state index in [1.54, 1.807) is 4.90 Å². The lowest BCUT2D eigenvalue weighted by Gasteiger charge is -2.18. The zero-order chi connectivity index (χ0) is 24.4. The number of nitrogens with zero attached hydrogens (tertiary/aromatic N) is 2. The smallest absolute Gasteiger partial charge is 0.266 e. The van der Waals surface area contributed by atoms with Gasteiger partial charge in [0.1, 0.15) is 10.1 Å². The number of fused-ring (bicyclic) bond motifs is 1. The van der Waals surface area contributed by atoms with E-state index in [9.17, 15) is 4.79 Å². The van der Waals surface area contributed by atoms with Crippen LogP contribution >= 0.6 is 51.5 Å². The van der Waals surface area contributed by atoms with Crippen molar-refractivity contribution in [3.8, 4) is 5.75 Å². The number of hydrogen-bond acceptors (Lipinski definition) is 5. The third-order valence-electron chi connectivity index (χ3n) is 6.08. The topological polar surface area (TPSA) is 43.7 Å². The lowest BCUT2D eigenvalue weighted by Crippen LogP contribution is -2.35. The first-order chi connectivity index (χ1) is 17.0. The molecule has 0 saturated carbocycles. The molecular weight excluding hydrogens is 568 g/mol. The molecule has 2 aliphatic heterocycles. The summed E-state index contributed by atoms with van der Waals surface area (Å²) in [5.74, 6) is 0.653. The number of thioether (sulfide) groups is 1. The molecule has 2 aliphatic rings. The third kappa shape index (κ3) is 5.62. The van der Waals surface area contributed by atoms with E-state index in [-0.39, 0.29) is 12.0 Å². The Kier molecular flexibility index (Phi) is 7.84. The summed E-state index contributed by atoms with van der Waals surface area (Å²) in [6.07, 6.45) is 6.95. The summed E-state index contributed by atoms with van der Waals surface area (Å²) in [7, 11) is 0. The van der Waals surface area contributed by atoms with Gasteiger partial charge in [-0.25, -0.2) is 0 Å². The van der Waals surface area contributed by atoms with E-state index in [2.05, 4.69) is 38.8 Å². The number of aromatic nitrogens is 1. The zero-order valence-electron chi connectivity index (χ0n) is 18.9. The summed E-state index contributed by atoms with van der Waals surface area (Å²) in [5, 5.41) is 1.69. The van der Waals surface area contributed by atoms with Crippen molar-refractivity contribution in [1.82, 2.24) is 9.47 Å². The first-order valence-electron chi connectivity index (χ1n) is 11.5. The van der Waals surface area contributed by atoms with Gasteiger partial charge in [0, 0.05) is 40.3 Å². The van der Waals surface area contributed by atoms with Crippen LogP contribution in [0.5, 0.6) is 5.75 Å². The van der Waals surface area contributed by atoms with Crippen LogP contribution in [0.4, 0.5) is 0 Å². The fourth-order valence-electron chi connectivity index (χ4n) is 4.37. The molecule has 9 heteroatoms. The largest absolute Gasteiger partial charge is 0.492 e. The van der Waals surface area contributed by atoms with Gasteiger partial charge in [0.05, 0.1) is 29.2 Å². The molecule has 0 bridgehead atoms. The molecule has 0 radical (unpaired) electrons. The second-order valence-electron chi connectivity index (χ2n) is 8.50. The van der Waals surface area contributed by atoms with Gasteiger partial charge < -0.3 is 14.0 Å². The fourth-order valence-corrected chi connectivity index (χ4v) is 6.18. The van der Waals surface area contributed by atoms with Crippen LogP contribution in [-0.4, -0.2) is 45.6 Å². The van der Waals surface area contributed by atoms with E-state index in [4.69, 9.17) is 33.3 Å². The molecule has 2 fully saturated rings. The average molecular weight is 592 g/mol. The average Bonchev–Trinajstić information content (AvgIpc) is 3.54. The monoisotopic (exact) mass is 590 g/mol. The van der Waals surface area contributed by atoms with Crippen molar-refractivity contribution in [3.63, 3.8) is 0 Å². The van der Waals surface area contributed by atoms with E-state index in [1.807, 2.05) is 36.4 Å². The highest BCUT2D eigenvalue weighted by Crippen LogP contribution is 2.36. The van der Waals surface area contributed by atoms with Gasteiger partial charge in [0.2, 0.25) is 0 Å². The molecule has 5 nitrogen and oxygen atoms in total. The van der Waals surface area contributed by atoms with Crippen molar-refractivity contribution in [3.05, 3.63) is 68.6 Å². The minimum Gasteiger partial charge on any atom is -0.492 e. The Morgan fingerprint density at radius 2 is 2.14 bits per heavy atom. The van der Waals surface area contributed by atoms with Crippen molar-refractivity contribution in [2.75, 3.05) is 19.8 Å². The maximum atomic E-state index is 13.1. The van der Waals surface area contributed by atoms with Gasteiger partial charge in [-0.15, -0.1) is 0 Å². The first-order valence-corrected chi connectivity index (χ1v) is 13.9. The lowest BCUT2D eigenvalue weighted by atomic mass is 10.1. The molecule has 1 amide bonds. The summed E-state index contributed by atoms with van der Waals surface area (Å²) >= 11 is 16.7. The second kappa shape index (κ2) is 11.0. The predicted molar refractivity (Wildman–Crippen MR) is 150 cm³/mol. The Morgan fingerprint density at radius 3 is 2.94 bits per heavy atom. The van der Waals surface area contributed by atoms with Crippen molar-refractivity contribution < 1.29 is 14.3 Å². The number of carbonyl (C=O) groups excluding carboxylic acids is 1. The van der Waals surface area contributed by atoms with Gasteiger partial charge in [-0.3, -0.25) is 9.69 Å². The highest BCUT2D eigenvalue weighted by molar-refractivity contribution is 9.10. The highest BCUT2D eigenvalue weighted by atomic mass is 79.9. The quantitative estimate of drug-likeness (QED) is 0.162. The van der Waals surface area contributed by atoms with Crippen LogP contribution in [0.3, 0.4) is 0 Å². The van der Waals surface area contributed by atoms with Gasteiger partial charge >= 0.3 is 0 Å². The summed E-state index contributed by atoms with van der Waals surface area (Å²) < 4.78 is 15.4. The van der Waals surface area contributed by atoms with Crippen molar-refractivity contribution >= 4 is 78.7 Å². The SMILES string of the molecule is O=C1/C(=C/c2cn(CCCOc3ccccc3Cl)c3ccc(Br)cc23)SC(=S)N1C[C@@H]1CCCO1. The number of rotatable bonds is 8. The molecule has 1 atom stereocenters. The van der Waals surface area contributed by atoms with Gasteiger partial charge in [0.25, 0.3) is 5.91 Å². The molecule has 2 saturated heterocycles. The first kappa shape index (κ1) is 24.8. The Balaban J connectivity index is 1.33. The number of halogens is 2. The third-order valence-corrected chi connectivity index (χ3v) is 8.27. The van der Waals surface area contributed by atoms with Crippen molar-refractivity contribution in [1.29, 1.82) is 0 Å². The number of thiocarbonyl (C=S) groups is 1. The molecule has 35 heavy (non-hydrogen) atoms. The minimum absolute atomic E-state index is 0.0421. The van der Waals surface area contributed by atoms with E-state index in [0.717, 1.165) is 53.4 Å². The number of hydrogen-bond donors (Lipinski definition) is 0. The molecule has 1 aromatic heterocycles. The van der Waals surface area contributed by atoms with Crippen LogP contribution in [0.15, 0.2) is 58.0 Å². The molecule has 3 heterocycles. The van der Waals surface area contributed by atoms with Gasteiger partial charge in [-0.05, 0) is 55.7 Å². The summed E-state index contributed by atoms with van der Waals surface area (Å²) in [6.45, 7) is 2.61. The van der Waals surface area contributed by atoms with Crippen molar-refractivity contribution in [2.24, 2.45) is 0 Å². The summed E-state index contributed by atoms with van der Waals surface area (Å²) in [5.41, 5.74) is 2.10. The highest BCUT2D eigenvalue weighted by Gasteiger charge is 2.34. The van der Waals surface area contributed by atoms with Crippen LogP contribution in [-0.2, 0) is 16.1 Å². The van der Waals surface area contributed by atoms with Crippen molar-refractivity contribution in [2.45, 2.75) is 31.9 Å². The normalized spacial score (nSPS) is 19.4. The summed E-state index contributed by atoms with van der Waals surface area (Å²) in [4.78, 5) is 15.5. The van der Waals surface area contributed by atoms with Gasteiger partial charge in [-0.2, -0.15) is 0 Å². The standard InChI is InChI=1S/C26H24BrClN2O3S2/c27-18-8-9-22-20(14-18)17(15-29(22)10-4-12-33-23-7-2-1-6-21(23)28)13-24-25(31)30(26(34)35-24)16-19-5-3-11-32-19/h1-2,6-9,13-15,19H,3-5,10-12,16H2/b24-13-/t19-/m0/s1. The maximum Gasteiger partial charge on any atom is 0.266 e. The predicted octanol–water partition coefficient (Wildman–Crippen LogP) is 6.91. The fraction of sp³-hybridized carbons (Fsp3) is 0.308. The Labute approximate surface area is 227 Å². The molecular formula is C26H24BrClN2O3S2. The Hall–Kier alpha value is -1.84. The molecule has 2 aromatic carbocycles. The van der Waals surface area contributed by atoms with E-state index < -0.39 is 0 Å². The minimum atomic E-state index is -0.0421. The molecule has 182 valence electrons. The number of benzene rings is 2. The Bertz CT molecular complexity index is 1300. The van der Waals surface area contributed by atoms with Gasteiger partial charge in [-0.1, -0.05) is 63.6 Å². The lowest BCUT2D eigenvalue weighted by molar-refractivity contribution is -0.123. The Morgan fingerprint density at radius 1 is 1.29 bits per heavy atom. The molecule has 0 N–H and O–H groups in total. The number of amides is 1. The number of carbonyl (C=O) groups is 1. The zero-order valence-corrected chi connectivity index (χ0v) is 22.9. The summed E-state index contributed by atoms with van der Waals surface area (Å²) in [6, 6.07) is 13.7. The number of ether oxygens (including phenoxy) is 2. The van der Waals surface area contributed by atoms with E-state index in [1.165, 1.54) is 11.8 Å². The molecule has 0 aliphatic carbocycles. The van der Waals surface area contributed by atoms with Crippen LogP contribution in [0.2, 0.25) is 5.02 Å². The molecule has 5 rings (SSSR count). The second-order valence-corrected chi connectivity index (χ2v) is 11.5. The van der Waals surface area contributed by atoms with Crippen LogP contribution < -0.4 is 4.74 Å².